The number of hydrogen-bond acceptors (Lipinski definition) is 5. The average Bonchev–Trinajstić information content (AvgIpc) is 2.98. The number of hydrogen-bond donors (Lipinski definition) is 2. The normalized spacial score (nSPS) is 10.5. The molecule has 3 amide bonds. The lowest BCUT2D eigenvalue weighted by Gasteiger charge is -2.06. The summed E-state index contributed by atoms with van der Waals surface area (Å²) < 4.78 is 6.40. The topological polar surface area (TPSA) is 84.2 Å². The first-order chi connectivity index (χ1) is 11.6. The number of halogens is 1. The number of urea groups is 1. The van der Waals surface area contributed by atoms with Crippen LogP contribution < -0.4 is 10.6 Å². The fourth-order valence-electron chi connectivity index (χ4n) is 1.90. The molecule has 0 atom stereocenters. The van der Waals surface area contributed by atoms with Crippen molar-refractivity contribution in [2.75, 3.05) is 11.1 Å². The number of imide groups is 1. The van der Waals surface area contributed by atoms with Crippen LogP contribution in [-0.2, 0) is 4.79 Å². The SMILES string of the molecule is O=C(CSc1nc2ccccc2o1)NC(=O)Nc1ccc(Br)cc1. The molecule has 0 unspecified atom stereocenters. The zero-order valence-corrected chi connectivity index (χ0v) is 14.7. The Morgan fingerprint density at radius 3 is 2.62 bits per heavy atom. The molecule has 0 saturated heterocycles. The van der Waals surface area contributed by atoms with Gasteiger partial charge in [0.25, 0.3) is 5.22 Å². The van der Waals surface area contributed by atoms with Gasteiger partial charge in [-0.1, -0.05) is 39.8 Å². The third-order valence-corrected chi connectivity index (χ3v) is 4.31. The highest BCUT2D eigenvalue weighted by Gasteiger charge is 2.11. The smallest absolute Gasteiger partial charge is 0.325 e. The maximum Gasteiger partial charge on any atom is 0.325 e. The van der Waals surface area contributed by atoms with Crippen LogP contribution in [-0.4, -0.2) is 22.7 Å². The number of para-hydroxylation sites is 2. The molecule has 6 nitrogen and oxygen atoms in total. The number of carbonyl (C=O) groups excluding carboxylic acids is 2. The van der Waals surface area contributed by atoms with Crippen molar-refractivity contribution >= 4 is 56.4 Å². The number of thioether (sulfide) groups is 1. The molecule has 1 aromatic heterocycles. The lowest BCUT2D eigenvalue weighted by Crippen LogP contribution is -2.35. The van der Waals surface area contributed by atoms with Crippen LogP contribution in [0.2, 0.25) is 0 Å². The van der Waals surface area contributed by atoms with E-state index in [2.05, 4.69) is 31.5 Å². The van der Waals surface area contributed by atoms with Crippen molar-refractivity contribution in [2.24, 2.45) is 0 Å². The van der Waals surface area contributed by atoms with Crippen LogP contribution in [0.5, 0.6) is 0 Å². The summed E-state index contributed by atoms with van der Waals surface area (Å²) in [6, 6.07) is 13.8. The van der Waals surface area contributed by atoms with E-state index in [0.717, 1.165) is 21.8 Å². The minimum atomic E-state index is -0.583. The highest BCUT2D eigenvalue weighted by Crippen LogP contribution is 2.22. The van der Waals surface area contributed by atoms with E-state index in [1.807, 2.05) is 18.2 Å². The lowest BCUT2D eigenvalue weighted by atomic mass is 10.3. The second kappa shape index (κ2) is 7.50. The molecular formula is C16H12BrN3O3S. The number of rotatable bonds is 4. The Balaban J connectivity index is 1.49. The van der Waals surface area contributed by atoms with E-state index in [4.69, 9.17) is 4.42 Å². The third kappa shape index (κ3) is 4.36. The molecule has 3 aromatic rings. The zero-order valence-electron chi connectivity index (χ0n) is 12.3. The molecule has 0 aliphatic rings. The van der Waals surface area contributed by atoms with Crippen LogP contribution in [0.3, 0.4) is 0 Å². The fourth-order valence-corrected chi connectivity index (χ4v) is 2.80. The van der Waals surface area contributed by atoms with E-state index in [-0.39, 0.29) is 5.75 Å². The van der Waals surface area contributed by atoms with E-state index in [9.17, 15) is 9.59 Å². The van der Waals surface area contributed by atoms with E-state index in [1.165, 1.54) is 0 Å². The number of carbonyl (C=O) groups is 2. The molecule has 8 heteroatoms. The van der Waals surface area contributed by atoms with Crippen molar-refractivity contribution in [3.8, 4) is 0 Å². The van der Waals surface area contributed by atoms with E-state index >= 15 is 0 Å². The Morgan fingerprint density at radius 2 is 1.88 bits per heavy atom. The minimum absolute atomic E-state index is 0.0284. The second-order valence-electron chi connectivity index (χ2n) is 4.75. The van der Waals surface area contributed by atoms with Crippen LogP contribution in [0.1, 0.15) is 0 Å². The van der Waals surface area contributed by atoms with Crippen LogP contribution in [0.15, 0.2) is 62.6 Å². The summed E-state index contributed by atoms with van der Waals surface area (Å²) in [4.78, 5) is 27.8. The van der Waals surface area contributed by atoms with E-state index < -0.39 is 11.9 Å². The summed E-state index contributed by atoms with van der Waals surface area (Å²) in [7, 11) is 0. The van der Waals surface area contributed by atoms with Gasteiger partial charge in [-0.05, 0) is 36.4 Å². The fraction of sp³-hybridized carbons (Fsp3) is 0.0625. The van der Waals surface area contributed by atoms with Gasteiger partial charge in [-0.15, -0.1) is 0 Å². The molecule has 0 saturated carbocycles. The third-order valence-electron chi connectivity index (χ3n) is 2.96. The quantitative estimate of drug-likeness (QED) is 0.640. The maximum absolute atomic E-state index is 11.8. The largest absolute Gasteiger partial charge is 0.431 e. The highest BCUT2D eigenvalue weighted by molar-refractivity contribution is 9.10. The van der Waals surface area contributed by atoms with Gasteiger partial charge in [0.15, 0.2) is 5.58 Å². The number of nitrogens with zero attached hydrogens (tertiary/aromatic N) is 1. The average molecular weight is 406 g/mol. The number of anilines is 1. The summed E-state index contributed by atoms with van der Waals surface area (Å²) in [5.74, 6) is -0.405. The first-order valence-corrected chi connectivity index (χ1v) is 8.73. The number of fused-ring (bicyclic) bond motifs is 1. The molecule has 3 rings (SSSR count). The van der Waals surface area contributed by atoms with Crippen molar-refractivity contribution in [1.82, 2.24) is 10.3 Å². The van der Waals surface area contributed by atoms with Crippen molar-refractivity contribution in [1.29, 1.82) is 0 Å². The number of benzene rings is 2. The summed E-state index contributed by atoms with van der Waals surface area (Å²) >= 11 is 4.44. The van der Waals surface area contributed by atoms with Crippen molar-refractivity contribution < 1.29 is 14.0 Å². The van der Waals surface area contributed by atoms with Gasteiger partial charge in [0, 0.05) is 10.2 Å². The number of amides is 3. The first kappa shape index (κ1) is 16.5. The first-order valence-electron chi connectivity index (χ1n) is 6.95. The van der Waals surface area contributed by atoms with Crippen LogP contribution in [0.25, 0.3) is 11.1 Å². The molecule has 122 valence electrons. The molecular weight excluding hydrogens is 394 g/mol. The van der Waals surface area contributed by atoms with Crippen LogP contribution in [0, 0.1) is 0 Å². The van der Waals surface area contributed by atoms with Crippen molar-refractivity contribution in [2.45, 2.75) is 5.22 Å². The molecule has 0 aliphatic carbocycles. The van der Waals surface area contributed by atoms with Gasteiger partial charge in [-0.3, -0.25) is 10.1 Å². The van der Waals surface area contributed by atoms with E-state index in [0.29, 0.717) is 16.5 Å². The molecule has 0 aliphatic heterocycles. The molecule has 0 spiro atoms. The maximum atomic E-state index is 11.8. The summed E-state index contributed by atoms with van der Waals surface area (Å²) in [6.07, 6.45) is 0. The summed E-state index contributed by atoms with van der Waals surface area (Å²) in [6.45, 7) is 0. The minimum Gasteiger partial charge on any atom is -0.431 e. The van der Waals surface area contributed by atoms with Crippen molar-refractivity contribution in [3.63, 3.8) is 0 Å². The number of oxazole rings is 1. The second-order valence-corrected chi connectivity index (χ2v) is 6.59. The van der Waals surface area contributed by atoms with Gasteiger partial charge >= 0.3 is 6.03 Å². The van der Waals surface area contributed by atoms with Crippen LogP contribution >= 0.6 is 27.7 Å². The van der Waals surface area contributed by atoms with Crippen LogP contribution in [0.4, 0.5) is 10.5 Å². The number of nitrogens with one attached hydrogen (secondary N) is 2. The summed E-state index contributed by atoms with van der Waals surface area (Å²) in [5, 5.41) is 5.22. The van der Waals surface area contributed by atoms with Gasteiger partial charge < -0.3 is 9.73 Å². The molecule has 2 N–H and O–H groups in total. The lowest BCUT2D eigenvalue weighted by molar-refractivity contribution is -0.117. The predicted octanol–water partition coefficient (Wildman–Crippen LogP) is 4.03. The van der Waals surface area contributed by atoms with Crippen molar-refractivity contribution in [3.05, 3.63) is 53.0 Å². The molecule has 0 bridgehead atoms. The summed E-state index contributed by atoms with van der Waals surface area (Å²) in [5.41, 5.74) is 1.98. The predicted molar refractivity (Wildman–Crippen MR) is 96.0 cm³/mol. The molecule has 1 heterocycles. The van der Waals surface area contributed by atoms with Gasteiger partial charge in [-0.25, -0.2) is 9.78 Å². The molecule has 2 aromatic carbocycles. The van der Waals surface area contributed by atoms with Gasteiger partial charge in [0.2, 0.25) is 5.91 Å². The molecule has 0 fully saturated rings. The number of aromatic nitrogens is 1. The molecule has 0 radical (unpaired) electrons. The molecule has 24 heavy (non-hydrogen) atoms. The van der Waals surface area contributed by atoms with Gasteiger partial charge in [0.1, 0.15) is 5.52 Å². The van der Waals surface area contributed by atoms with Gasteiger partial charge in [-0.2, -0.15) is 0 Å². The van der Waals surface area contributed by atoms with E-state index in [1.54, 1.807) is 30.3 Å². The Labute approximate surface area is 150 Å². The Hall–Kier alpha value is -2.32. The van der Waals surface area contributed by atoms with Gasteiger partial charge in [0.05, 0.1) is 5.75 Å². The highest BCUT2D eigenvalue weighted by atomic mass is 79.9. The Bertz CT molecular complexity index is 847. The Kier molecular flexibility index (Phi) is 5.17. The zero-order chi connectivity index (χ0) is 16.9. The Morgan fingerprint density at radius 1 is 1.12 bits per heavy atom. The monoisotopic (exact) mass is 405 g/mol. The standard InChI is InChI=1S/C16H12BrN3O3S/c17-10-5-7-11(8-6-10)18-15(22)20-14(21)9-24-16-19-12-3-1-2-4-13(12)23-16/h1-8H,9H2,(H2,18,20,21,22).